The Bertz CT molecular complexity index is 918. The van der Waals surface area contributed by atoms with E-state index in [0.29, 0.717) is 30.8 Å². The van der Waals surface area contributed by atoms with Gasteiger partial charge in [-0.25, -0.2) is 12.7 Å². The zero-order valence-electron chi connectivity index (χ0n) is 16.9. The number of sulfonamides is 1. The van der Waals surface area contributed by atoms with Gasteiger partial charge in [-0.2, -0.15) is 0 Å². The fourth-order valence-electron chi connectivity index (χ4n) is 3.40. The summed E-state index contributed by atoms with van der Waals surface area (Å²) in [5.41, 5.74) is 2.17. The first-order valence-electron chi connectivity index (χ1n) is 9.99. The summed E-state index contributed by atoms with van der Waals surface area (Å²) in [6.07, 6.45) is 1.84. The number of carbonyl (C=O) groups is 1. The molecule has 2 aromatic carbocycles. The maximum absolute atomic E-state index is 12.5. The number of ether oxygens (including phenoxy) is 1. The topological polar surface area (TPSA) is 75.7 Å². The average molecular weight is 417 g/mol. The molecule has 0 bridgehead atoms. The normalized spacial score (nSPS) is 15.8. The minimum atomic E-state index is -3.29. The van der Waals surface area contributed by atoms with Gasteiger partial charge in [0.05, 0.1) is 18.4 Å². The van der Waals surface area contributed by atoms with E-state index in [0.717, 1.165) is 24.2 Å². The lowest BCUT2D eigenvalue weighted by atomic mass is 10.1. The number of hydrogen-bond donors (Lipinski definition) is 1. The highest BCUT2D eigenvalue weighted by Gasteiger charge is 2.25. The van der Waals surface area contributed by atoms with Gasteiger partial charge in [-0.1, -0.05) is 24.3 Å². The average Bonchev–Trinajstić information content (AvgIpc) is 3.25. The monoisotopic (exact) mass is 416 g/mol. The van der Waals surface area contributed by atoms with E-state index in [1.807, 2.05) is 38.1 Å². The molecule has 1 atom stereocenters. The molecule has 1 fully saturated rings. The molecule has 7 heteroatoms. The van der Waals surface area contributed by atoms with E-state index < -0.39 is 10.0 Å². The second-order valence-corrected chi connectivity index (χ2v) is 9.23. The van der Waals surface area contributed by atoms with Crippen LogP contribution in [0.1, 0.15) is 54.2 Å². The van der Waals surface area contributed by atoms with E-state index in [1.165, 1.54) is 0 Å². The Morgan fingerprint density at radius 2 is 1.69 bits per heavy atom. The van der Waals surface area contributed by atoms with E-state index >= 15 is 0 Å². The first kappa shape index (κ1) is 21.3. The number of carbonyl (C=O) groups excluding carboxylic acids is 1. The minimum absolute atomic E-state index is 0.0303. The second-order valence-electron chi connectivity index (χ2n) is 7.26. The van der Waals surface area contributed by atoms with E-state index in [4.69, 9.17) is 4.74 Å². The van der Waals surface area contributed by atoms with Crippen molar-refractivity contribution in [1.29, 1.82) is 0 Å². The molecule has 1 N–H and O–H groups in total. The molecular weight excluding hydrogens is 388 g/mol. The number of nitrogens with zero attached hydrogens (tertiary/aromatic N) is 1. The molecule has 1 aliphatic rings. The predicted molar refractivity (Wildman–Crippen MR) is 113 cm³/mol. The standard InChI is InChI=1S/C22H28N2O4S/c1-3-28-21-12-10-19(11-13-21)17(2)23-22(25)20-8-6-18(7-9-20)16-29(26,27)24-14-4-5-15-24/h6-13,17H,3-5,14-16H2,1-2H3,(H,23,25)/t17-/m0/s1. The van der Waals surface area contributed by atoms with E-state index in [-0.39, 0.29) is 17.7 Å². The smallest absolute Gasteiger partial charge is 0.251 e. The van der Waals surface area contributed by atoms with Crippen LogP contribution in [-0.2, 0) is 15.8 Å². The van der Waals surface area contributed by atoms with Crippen molar-refractivity contribution in [2.75, 3.05) is 19.7 Å². The molecule has 156 valence electrons. The maximum atomic E-state index is 12.5. The van der Waals surface area contributed by atoms with Crippen LogP contribution in [0, 0.1) is 0 Å². The second kappa shape index (κ2) is 9.41. The molecule has 2 aromatic rings. The van der Waals surface area contributed by atoms with Gasteiger partial charge >= 0.3 is 0 Å². The molecule has 0 aliphatic carbocycles. The zero-order chi connectivity index (χ0) is 20.9. The van der Waals surface area contributed by atoms with E-state index in [2.05, 4.69) is 5.32 Å². The van der Waals surface area contributed by atoms with Gasteiger partial charge in [0, 0.05) is 18.7 Å². The van der Waals surface area contributed by atoms with Crippen molar-refractivity contribution in [2.24, 2.45) is 0 Å². The van der Waals surface area contributed by atoms with Crippen molar-refractivity contribution in [2.45, 2.75) is 38.5 Å². The van der Waals surface area contributed by atoms with Crippen LogP contribution in [-0.4, -0.2) is 38.3 Å². The first-order chi connectivity index (χ1) is 13.9. The predicted octanol–water partition coefficient (Wildman–Crippen LogP) is 3.50. The van der Waals surface area contributed by atoms with Gasteiger partial charge in [0.2, 0.25) is 10.0 Å². The third-order valence-electron chi connectivity index (χ3n) is 5.06. The van der Waals surface area contributed by atoms with Crippen LogP contribution in [0.4, 0.5) is 0 Å². The molecule has 6 nitrogen and oxygen atoms in total. The Morgan fingerprint density at radius 3 is 2.28 bits per heavy atom. The largest absolute Gasteiger partial charge is 0.494 e. The molecule has 0 spiro atoms. The molecule has 0 radical (unpaired) electrons. The molecule has 29 heavy (non-hydrogen) atoms. The number of hydrogen-bond acceptors (Lipinski definition) is 4. The third kappa shape index (κ3) is 5.58. The summed E-state index contributed by atoms with van der Waals surface area (Å²) in [5.74, 6) is 0.576. The van der Waals surface area contributed by atoms with Crippen LogP contribution < -0.4 is 10.1 Å². The van der Waals surface area contributed by atoms with Crippen molar-refractivity contribution >= 4 is 15.9 Å². The van der Waals surface area contributed by atoms with Crippen LogP contribution in [0.5, 0.6) is 5.75 Å². The van der Waals surface area contributed by atoms with Crippen LogP contribution in [0.3, 0.4) is 0 Å². The van der Waals surface area contributed by atoms with E-state index in [1.54, 1.807) is 28.6 Å². The first-order valence-corrected chi connectivity index (χ1v) is 11.6. The maximum Gasteiger partial charge on any atom is 0.251 e. The fraction of sp³-hybridized carbons (Fsp3) is 0.409. The van der Waals surface area contributed by atoms with Gasteiger partial charge in [-0.3, -0.25) is 4.79 Å². The molecule has 1 amide bonds. The Labute approximate surface area is 172 Å². The SMILES string of the molecule is CCOc1ccc([C@H](C)NC(=O)c2ccc(CS(=O)(=O)N3CCCC3)cc2)cc1. The lowest BCUT2D eigenvalue weighted by molar-refractivity contribution is 0.0940. The molecule has 1 aliphatic heterocycles. The highest BCUT2D eigenvalue weighted by molar-refractivity contribution is 7.88. The van der Waals surface area contributed by atoms with Crippen molar-refractivity contribution < 1.29 is 17.9 Å². The van der Waals surface area contributed by atoms with Crippen LogP contribution in [0.25, 0.3) is 0 Å². The van der Waals surface area contributed by atoms with Gasteiger partial charge in [0.25, 0.3) is 5.91 Å². The van der Waals surface area contributed by atoms with Gasteiger partial charge in [-0.15, -0.1) is 0 Å². The highest BCUT2D eigenvalue weighted by Crippen LogP contribution is 2.19. The zero-order valence-corrected chi connectivity index (χ0v) is 17.7. The van der Waals surface area contributed by atoms with Gasteiger partial charge in [-0.05, 0) is 62.1 Å². The molecule has 1 saturated heterocycles. The summed E-state index contributed by atoms with van der Waals surface area (Å²) in [5, 5.41) is 2.97. The van der Waals surface area contributed by atoms with Crippen LogP contribution in [0.15, 0.2) is 48.5 Å². The summed E-state index contributed by atoms with van der Waals surface area (Å²) in [7, 11) is -3.29. The Morgan fingerprint density at radius 1 is 1.07 bits per heavy atom. The number of rotatable bonds is 8. The van der Waals surface area contributed by atoms with Crippen LogP contribution >= 0.6 is 0 Å². The fourth-order valence-corrected chi connectivity index (χ4v) is 5.01. The van der Waals surface area contributed by atoms with Gasteiger partial charge < -0.3 is 10.1 Å². The summed E-state index contributed by atoms with van der Waals surface area (Å²) in [6, 6.07) is 14.3. The lowest BCUT2D eigenvalue weighted by Gasteiger charge is -2.16. The van der Waals surface area contributed by atoms with E-state index in [9.17, 15) is 13.2 Å². The minimum Gasteiger partial charge on any atom is -0.494 e. The number of amides is 1. The van der Waals surface area contributed by atoms with Gasteiger partial charge in [0.15, 0.2) is 0 Å². The lowest BCUT2D eigenvalue weighted by Crippen LogP contribution is -2.29. The molecule has 0 aromatic heterocycles. The molecule has 0 unspecified atom stereocenters. The molecule has 0 saturated carbocycles. The van der Waals surface area contributed by atoms with Gasteiger partial charge in [0.1, 0.15) is 5.75 Å². The Balaban J connectivity index is 1.59. The molecule has 1 heterocycles. The summed E-state index contributed by atoms with van der Waals surface area (Å²) >= 11 is 0. The quantitative estimate of drug-likeness (QED) is 0.715. The summed E-state index contributed by atoms with van der Waals surface area (Å²) < 4.78 is 31.8. The Hall–Kier alpha value is -2.38. The van der Waals surface area contributed by atoms with Crippen molar-refractivity contribution in [1.82, 2.24) is 9.62 Å². The number of nitrogens with one attached hydrogen (secondary N) is 1. The third-order valence-corrected chi connectivity index (χ3v) is 6.91. The summed E-state index contributed by atoms with van der Waals surface area (Å²) in [6.45, 7) is 5.67. The van der Waals surface area contributed by atoms with Crippen molar-refractivity contribution in [3.63, 3.8) is 0 Å². The Kier molecular flexibility index (Phi) is 6.92. The van der Waals surface area contributed by atoms with Crippen LogP contribution in [0.2, 0.25) is 0 Å². The number of benzene rings is 2. The summed E-state index contributed by atoms with van der Waals surface area (Å²) in [4.78, 5) is 12.5. The molecule has 3 rings (SSSR count). The van der Waals surface area contributed by atoms with Crippen molar-refractivity contribution in [3.8, 4) is 5.75 Å². The highest BCUT2D eigenvalue weighted by atomic mass is 32.2. The van der Waals surface area contributed by atoms with Crippen molar-refractivity contribution in [3.05, 3.63) is 65.2 Å². The molecular formula is C22H28N2O4S.